The number of urea groups is 1. The summed E-state index contributed by atoms with van der Waals surface area (Å²) in [5.41, 5.74) is 14.9. The number of anilines is 8. The molecule has 0 atom stereocenters. The Morgan fingerprint density at radius 3 is 1.34 bits per heavy atom. The molecular formula is C44H57F2KN16O4. The maximum Gasteiger partial charge on any atom is 1.00 e. The van der Waals surface area contributed by atoms with Gasteiger partial charge in [-0.25, -0.2) is 28.8 Å². The predicted octanol–water partition coefficient (Wildman–Crippen LogP) is -0.548. The topological polar surface area (TPSA) is 257 Å². The summed E-state index contributed by atoms with van der Waals surface area (Å²) < 4.78 is 28.7. The minimum absolute atomic E-state index is 0. The van der Waals surface area contributed by atoms with Crippen LogP contribution in [0.3, 0.4) is 0 Å². The Kier molecular flexibility index (Phi) is 19.9. The fourth-order valence-corrected chi connectivity index (χ4v) is 8.16. The molecule has 0 bridgehead atoms. The van der Waals surface area contributed by atoms with Crippen molar-refractivity contribution in [2.45, 2.75) is 51.6 Å². The van der Waals surface area contributed by atoms with Crippen molar-refractivity contribution in [1.29, 1.82) is 5.26 Å². The zero-order valence-electron chi connectivity index (χ0n) is 38.2. The minimum Gasteiger partial charge on any atom is -0.812 e. The van der Waals surface area contributed by atoms with Gasteiger partial charge in [-0.2, -0.15) is 9.97 Å². The average Bonchev–Trinajstić information content (AvgIpc) is 3.32. The first-order valence-electron chi connectivity index (χ1n) is 21.9. The molecule has 4 aliphatic heterocycles. The van der Waals surface area contributed by atoms with Crippen LogP contribution < -0.4 is 104 Å². The van der Waals surface area contributed by atoms with E-state index < -0.39 is 17.7 Å². The molecule has 4 aliphatic rings. The van der Waals surface area contributed by atoms with Crippen LogP contribution in [0.15, 0.2) is 60.9 Å². The number of carbonyl (C=O) groups is 3. The van der Waals surface area contributed by atoms with Crippen molar-refractivity contribution in [3.8, 4) is 6.26 Å². The number of halogens is 2. The number of nitrogens with two attached hydrogens (primary N) is 2. The first-order chi connectivity index (χ1) is 31.8. The van der Waals surface area contributed by atoms with Gasteiger partial charge in [0.25, 0.3) is 0 Å². The number of carbonyl (C=O) groups excluding carboxylic acids is 3. The second-order valence-electron chi connectivity index (χ2n) is 16.2. The third-order valence-electron chi connectivity index (χ3n) is 11.9. The van der Waals surface area contributed by atoms with Gasteiger partial charge in [0.1, 0.15) is 0 Å². The maximum absolute atomic E-state index is 14.4. The van der Waals surface area contributed by atoms with Crippen LogP contribution >= 0.6 is 0 Å². The van der Waals surface area contributed by atoms with Gasteiger partial charge in [-0.1, -0.05) is 0 Å². The number of hydrogen-bond acceptors (Lipinski definition) is 16. The Balaban J connectivity index is 0.000000235. The van der Waals surface area contributed by atoms with Gasteiger partial charge < -0.3 is 61.9 Å². The van der Waals surface area contributed by atoms with E-state index in [0.29, 0.717) is 63.0 Å². The van der Waals surface area contributed by atoms with Gasteiger partial charge >= 0.3 is 57.4 Å². The fourth-order valence-electron chi connectivity index (χ4n) is 8.16. The summed E-state index contributed by atoms with van der Waals surface area (Å²) in [4.78, 5) is 62.9. The van der Waals surface area contributed by atoms with Gasteiger partial charge in [0.05, 0.1) is 12.4 Å². The van der Waals surface area contributed by atoms with Crippen LogP contribution in [0.25, 0.3) is 0 Å². The monoisotopic (exact) mass is 950 g/mol. The van der Waals surface area contributed by atoms with Crippen molar-refractivity contribution in [3.05, 3.63) is 72.6 Å². The van der Waals surface area contributed by atoms with E-state index >= 15 is 0 Å². The molecule has 2 aromatic heterocycles. The van der Waals surface area contributed by atoms with Crippen molar-refractivity contribution in [2.24, 2.45) is 11.5 Å². The quantitative estimate of drug-likeness (QED) is 0.104. The SMILES string of the molecule is CC(=O)N1CCN(c2ccc(Nc3ncc(F)c(N4CCC(N)CC4)n3)cc2)CC1.CC(=O)N1CCN(c2ccc(Nc3ncc(F)c(N4CCC(NC(N)=O)CC4)n3)cc2)CC1.N#C[O-].[K+]. The van der Waals surface area contributed by atoms with E-state index in [4.69, 9.17) is 21.8 Å². The van der Waals surface area contributed by atoms with Crippen molar-refractivity contribution >= 4 is 64.1 Å². The van der Waals surface area contributed by atoms with Crippen molar-refractivity contribution < 1.29 is 79.7 Å². The number of aromatic nitrogens is 4. The summed E-state index contributed by atoms with van der Waals surface area (Å²) in [6.07, 6.45) is 5.86. The minimum atomic E-state index is -0.544. The van der Waals surface area contributed by atoms with Gasteiger partial charge in [0, 0.05) is 133 Å². The van der Waals surface area contributed by atoms with E-state index in [-0.39, 0.29) is 81.1 Å². The molecule has 8 rings (SSSR count). The number of nitriles is 1. The zero-order valence-corrected chi connectivity index (χ0v) is 41.3. The molecule has 0 unspecified atom stereocenters. The van der Waals surface area contributed by atoms with E-state index in [1.165, 1.54) is 12.4 Å². The zero-order chi connectivity index (χ0) is 47.2. The van der Waals surface area contributed by atoms with Crippen LogP contribution in [0.4, 0.5) is 59.9 Å². The van der Waals surface area contributed by atoms with E-state index in [0.717, 1.165) is 87.9 Å². The number of amides is 4. The van der Waals surface area contributed by atoms with Crippen LogP contribution in [-0.4, -0.2) is 138 Å². The Morgan fingerprint density at radius 2 is 1.00 bits per heavy atom. The second-order valence-corrected chi connectivity index (χ2v) is 16.2. The van der Waals surface area contributed by atoms with Gasteiger partial charge in [-0.3, -0.25) is 9.59 Å². The molecule has 352 valence electrons. The molecule has 0 aliphatic carbocycles. The third-order valence-corrected chi connectivity index (χ3v) is 11.9. The number of nitrogens with one attached hydrogen (secondary N) is 3. The van der Waals surface area contributed by atoms with Crippen molar-refractivity contribution in [1.82, 2.24) is 35.1 Å². The molecule has 23 heteroatoms. The molecule has 4 aromatic rings. The van der Waals surface area contributed by atoms with Crippen LogP contribution in [-0.2, 0) is 9.59 Å². The van der Waals surface area contributed by atoms with Crippen LogP contribution in [0, 0.1) is 23.2 Å². The number of nitrogens with zero attached hydrogens (tertiary/aromatic N) is 11. The van der Waals surface area contributed by atoms with Gasteiger partial charge in [-0.15, -0.1) is 0 Å². The first-order valence-corrected chi connectivity index (χ1v) is 21.9. The molecular weight excluding hydrogens is 894 g/mol. The Labute approximate surface area is 431 Å². The molecule has 4 amide bonds. The second kappa shape index (κ2) is 25.5. The van der Waals surface area contributed by atoms with Gasteiger partial charge in [-0.05, 0) is 74.2 Å². The molecule has 20 nitrogen and oxygen atoms in total. The molecule has 0 spiro atoms. The number of benzene rings is 2. The summed E-state index contributed by atoms with van der Waals surface area (Å²) in [6, 6.07) is 15.5. The molecule has 4 fully saturated rings. The molecule has 4 saturated heterocycles. The van der Waals surface area contributed by atoms with Gasteiger partial charge in [0.15, 0.2) is 23.3 Å². The molecule has 0 saturated carbocycles. The summed E-state index contributed by atoms with van der Waals surface area (Å²) in [7, 11) is 0. The number of rotatable bonds is 9. The van der Waals surface area contributed by atoms with E-state index in [1.807, 2.05) is 68.1 Å². The van der Waals surface area contributed by atoms with E-state index in [2.05, 4.69) is 45.7 Å². The number of primary amides is 1. The molecule has 67 heavy (non-hydrogen) atoms. The number of piperidine rings is 2. The van der Waals surface area contributed by atoms with E-state index in [9.17, 15) is 23.2 Å². The van der Waals surface area contributed by atoms with E-state index in [1.54, 1.807) is 13.8 Å². The van der Waals surface area contributed by atoms with Crippen LogP contribution in [0.2, 0.25) is 0 Å². The summed E-state index contributed by atoms with van der Waals surface area (Å²) in [6.45, 7) is 11.9. The summed E-state index contributed by atoms with van der Waals surface area (Å²) >= 11 is 0. The number of hydrogen-bond donors (Lipinski definition) is 5. The molecule has 2 aromatic carbocycles. The summed E-state index contributed by atoms with van der Waals surface area (Å²) in [5, 5.41) is 24.0. The molecule has 0 radical (unpaired) electrons. The molecule has 7 N–H and O–H groups in total. The molecule has 6 heterocycles. The Hall–Kier alpha value is -5.64. The van der Waals surface area contributed by atoms with Crippen molar-refractivity contribution in [2.75, 3.05) is 109 Å². The van der Waals surface area contributed by atoms with Crippen LogP contribution in [0.1, 0.15) is 39.5 Å². The van der Waals surface area contributed by atoms with Crippen molar-refractivity contribution in [3.63, 3.8) is 0 Å². The van der Waals surface area contributed by atoms with Gasteiger partial charge in [0.2, 0.25) is 23.7 Å². The first kappa shape index (κ1) is 52.3. The smallest absolute Gasteiger partial charge is 0.812 e. The maximum atomic E-state index is 14.4. The summed E-state index contributed by atoms with van der Waals surface area (Å²) in [5.74, 6) is 0.567. The number of piperazine rings is 2. The largest absolute Gasteiger partial charge is 1.00 e. The normalized spacial score (nSPS) is 16.5. The van der Waals surface area contributed by atoms with Crippen LogP contribution in [0.5, 0.6) is 0 Å². The fraction of sp³-hybridized carbons (Fsp3) is 0.455. The predicted molar refractivity (Wildman–Crippen MR) is 245 cm³/mol. The standard InChI is InChI=1S/C22H29FN8O2.C21H28FN7O.CHNO.K/c1-15(32)29-10-12-30(13-11-29)18-4-2-16(3-5-18)27-22-25-14-19(23)20(28-22)31-8-6-17(7-9-31)26-21(24)33;1-15(30)27-10-12-28(13-11-27)18-4-2-17(3-5-18)25-21-24-14-19(22)20(26-21)29-8-6-16(23)7-9-29;2-1-3;/h2-5,14,17H,6-13H2,1H3,(H3,24,26,33)(H,25,27,28);2-5,14,16H,6-13,23H2,1H3,(H,24,25,26);3H;/q;;;+1/p-1. The third kappa shape index (κ3) is 15.2. The average molecular weight is 951 g/mol. The Bertz CT molecular complexity index is 2280. The Morgan fingerprint density at radius 1 is 0.642 bits per heavy atom.